The van der Waals surface area contributed by atoms with Crippen LogP contribution < -0.4 is 10.6 Å². The molecule has 7 heteroatoms. The van der Waals surface area contributed by atoms with E-state index in [1.165, 1.54) is 0 Å². The van der Waals surface area contributed by atoms with Crippen LogP contribution in [0.5, 0.6) is 0 Å². The Morgan fingerprint density at radius 3 is 2.87 bits per heavy atom. The van der Waals surface area contributed by atoms with Gasteiger partial charge in [0.2, 0.25) is 0 Å². The van der Waals surface area contributed by atoms with Crippen LogP contribution in [0.2, 0.25) is 0 Å². The number of hydrogen-bond acceptors (Lipinski definition) is 3. The van der Waals surface area contributed by atoms with E-state index in [9.17, 15) is 4.79 Å². The van der Waals surface area contributed by atoms with Crippen LogP contribution in [-0.2, 0) is 6.54 Å². The van der Waals surface area contributed by atoms with Crippen LogP contribution in [0.25, 0.3) is 21.9 Å². The maximum absolute atomic E-state index is 12.5. The molecule has 0 spiro atoms. The van der Waals surface area contributed by atoms with Crippen LogP contribution in [0.15, 0.2) is 79.3 Å². The Morgan fingerprint density at radius 2 is 1.97 bits per heavy atom. The first kappa shape index (κ1) is 18.5. The first-order chi connectivity index (χ1) is 15.2. The molecule has 0 fully saturated rings. The second kappa shape index (κ2) is 7.69. The topological polar surface area (TPSA) is 98.5 Å². The summed E-state index contributed by atoms with van der Waals surface area (Å²) in [5, 5.41) is 16.7. The molecular weight excluding hydrogens is 388 g/mol. The molecule has 2 aromatic carbocycles. The van der Waals surface area contributed by atoms with Gasteiger partial charge >= 0.3 is 6.03 Å². The van der Waals surface area contributed by atoms with Gasteiger partial charge in [0.1, 0.15) is 5.65 Å². The van der Waals surface area contributed by atoms with Crippen molar-refractivity contribution in [2.24, 2.45) is 0 Å². The molecule has 0 atom stereocenters. The molecule has 0 radical (unpaired) electrons. The maximum atomic E-state index is 12.5. The summed E-state index contributed by atoms with van der Waals surface area (Å²) in [5.74, 6) is 0. The van der Waals surface area contributed by atoms with Gasteiger partial charge in [-0.15, -0.1) is 0 Å². The highest BCUT2D eigenvalue weighted by molar-refractivity contribution is 6.05. The molecule has 0 aliphatic heterocycles. The molecule has 0 saturated carbocycles. The third-order valence-corrected chi connectivity index (χ3v) is 5.20. The number of aromatic amines is 1. The minimum Gasteiger partial charge on any atom is -0.346 e. The molecular formula is C24H18N6O. The van der Waals surface area contributed by atoms with E-state index in [2.05, 4.69) is 31.2 Å². The summed E-state index contributed by atoms with van der Waals surface area (Å²) in [7, 11) is 0. The molecule has 0 aliphatic rings. The number of carbonyl (C=O) groups is 1. The predicted molar refractivity (Wildman–Crippen MR) is 121 cm³/mol. The van der Waals surface area contributed by atoms with Crippen molar-refractivity contribution in [3.63, 3.8) is 0 Å². The summed E-state index contributed by atoms with van der Waals surface area (Å²) in [6, 6.07) is 20.4. The van der Waals surface area contributed by atoms with Gasteiger partial charge in [-0.3, -0.25) is 0 Å². The van der Waals surface area contributed by atoms with Crippen LogP contribution in [0, 0.1) is 11.3 Å². The number of amides is 2. The lowest BCUT2D eigenvalue weighted by Crippen LogP contribution is -2.19. The Kier molecular flexibility index (Phi) is 4.58. The molecule has 2 amide bonds. The van der Waals surface area contributed by atoms with Gasteiger partial charge in [-0.2, -0.15) is 5.26 Å². The number of benzene rings is 2. The third kappa shape index (κ3) is 3.58. The molecule has 5 rings (SSSR count). The molecule has 31 heavy (non-hydrogen) atoms. The highest BCUT2D eigenvalue weighted by atomic mass is 16.2. The summed E-state index contributed by atoms with van der Waals surface area (Å²) >= 11 is 0. The molecule has 0 saturated heterocycles. The first-order valence-corrected chi connectivity index (χ1v) is 9.78. The van der Waals surface area contributed by atoms with E-state index in [0.29, 0.717) is 23.5 Å². The smallest absolute Gasteiger partial charge is 0.323 e. The zero-order valence-electron chi connectivity index (χ0n) is 16.5. The molecule has 3 N–H and O–H groups in total. The molecule has 0 aliphatic carbocycles. The van der Waals surface area contributed by atoms with Crippen molar-refractivity contribution in [1.29, 1.82) is 5.26 Å². The number of carbonyl (C=O) groups excluding carboxylic acids is 1. The minimum absolute atomic E-state index is 0.362. The van der Waals surface area contributed by atoms with Gasteiger partial charge in [0, 0.05) is 41.6 Å². The first-order valence-electron chi connectivity index (χ1n) is 9.78. The van der Waals surface area contributed by atoms with Gasteiger partial charge < -0.3 is 20.2 Å². The van der Waals surface area contributed by atoms with Crippen LogP contribution in [0.3, 0.4) is 0 Å². The van der Waals surface area contributed by atoms with E-state index in [1.54, 1.807) is 30.5 Å². The number of H-pyrrole nitrogens is 1. The number of rotatable bonds is 4. The molecule has 150 valence electrons. The van der Waals surface area contributed by atoms with Crippen molar-refractivity contribution < 1.29 is 4.79 Å². The Morgan fingerprint density at radius 1 is 1.06 bits per heavy atom. The quantitative estimate of drug-likeness (QED) is 0.388. The largest absolute Gasteiger partial charge is 0.346 e. The van der Waals surface area contributed by atoms with Crippen molar-refractivity contribution in [2.45, 2.75) is 6.54 Å². The fraction of sp³-hybridized carbons (Fsp3) is 0.0417. The van der Waals surface area contributed by atoms with E-state index in [4.69, 9.17) is 5.26 Å². The van der Waals surface area contributed by atoms with Gasteiger partial charge in [-0.05, 0) is 54.1 Å². The lowest BCUT2D eigenvalue weighted by atomic mass is 10.2. The zero-order chi connectivity index (χ0) is 21.2. The summed E-state index contributed by atoms with van der Waals surface area (Å²) in [5.41, 5.74) is 4.82. The molecule has 7 nitrogen and oxygen atoms in total. The fourth-order valence-electron chi connectivity index (χ4n) is 3.76. The Labute approximate surface area is 178 Å². The number of pyridine rings is 1. The standard InChI is InChI=1S/C24H18N6O/c25-14-16-3-1-4-18(13-16)28-24(31)29-21-5-2-6-22-20(21)9-12-30(22)15-17-7-10-26-23-19(17)8-11-27-23/h1-13H,15H2,(H,26,27)(H2,28,29,31). The molecule has 3 heterocycles. The lowest BCUT2D eigenvalue weighted by Gasteiger charge is -2.10. The maximum Gasteiger partial charge on any atom is 0.323 e. The minimum atomic E-state index is -0.362. The van der Waals surface area contributed by atoms with Crippen molar-refractivity contribution in [3.8, 4) is 6.07 Å². The predicted octanol–water partition coefficient (Wildman–Crippen LogP) is 5.08. The second-order valence-corrected chi connectivity index (χ2v) is 7.16. The van der Waals surface area contributed by atoms with Crippen LogP contribution in [0.1, 0.15) is 11.1 Å². The molecule has 5 aromatic rings. The van der Waals surface area contributed by atoms with Crippen molar-refractivity contribution in [2.75, 3.05) is 10.6 Å². The van der Waals surface area contributed by atoms with E-state index >= 15 is 0 Å². The van der Waals surface area contributed by atoms with Crippen molar-refractivity contribution in [1.82, 2.24) is 14.5 Å². The Balaban J connectivity index is 1.40. The molecule has 0 bridgehead atoms. The number of hydrogen-bond donors (Lipinski definition) is 3. The Bertz CT molecular complexity index is 1460. The molecule has 3 aromatic heterocycles. The highest BCUT2D eigenvalue weighted by Crippen LogP contribution is 2.26. The number of aromatic nitrogens is 3. The number of nitrogens with zero attached hydrogens (tertiary/aromatic N) is 3. The number of nitriles is 1. The number of nitrogens with one attached hydrogen (secondary N) is 3. The number of urea groups is 1. The van der Waals surface area contributed by atoms with Crippen molar-refractivity contribution in [3.05, 3.63) is 90.4 Å². The number of fused-ring (bicyclic) bond motifs is 2. The lowest BCUT2D eigenvalue weighted by molar-refractivity contribution is 0.262. The average molecular weight is 406 g/mol. The second-order valence-electron chi connectivity index (χ2n) is 7.16. The van der Waals surface area contributed by atoms with E-state index < -0.39 is 0 Å². The SMILES string of the molecule is N#Cc1cccc(NC(=O)Nc2cccc3c2ccn3Cc2ccnc3[nH]ccc23)c1. The zero-order valence-corrected chi connectivity index (χ0v) is 16.5. The summed E-state index contributed by atoms with van der Waals surface area (Å²) in [6.45, 7) is 0.691. The van der Waals surface area contributed by atoms with Crippen LogP contribution >= 0.6 is 0 Å². The van der Waals surface area contributed by atoms with Crippen LogP contribution in [0.4, 0.5) is 16.2 Å². The summed E-state index contributed by atoms with van der Waals surface area (Å²) in [4.78, 5) is 20.0. The number of anilines is 2. The van der Waals surface area contributed by atoms with Gasteiger partial charge in [0.25, 0.3) is 0 Å². The highest BCUT2D eigenvalue weighted by Gasteiger charge is 2.11. The Hall–Kier alpha value is -4.57. The van der Waals surface area contributed by atoms with Gasteiger partial charge in [-0.25, -0.2) is 9.78 Å². The van der Waals surface area contributed by atoms with E-state index in [0.717, 1.165) is 27.5 Å². The van der Waals surface area contributed by atoms with Gasteiger partial charge in [0.15, 0.2) is 0 Å². The van der Waals surface area contributed by atoms with Crippen molar-refractivity contribution >= 4 is 39.3 Å². The monoisotopic (exact) mass is 406 g/mol. The third-order valence-electron chi connectivity index (χ3n) is 5.20. The van der Waals surface area contributed by atoms with Gasteiger partial charge in [0.05, 0.1) is 22.8 Å². The molecule has 0 unspecified atom stereocenters. The summed E-state index contributed by atoms with van der Waals surface area (Å²) < 4.78 is 2.15. The summed E-state index contributed by atoms with van der Waals surface area (Å²) in [6.07, 6.45) is 5.71. The van der Waals surface area contributed by atoms with E-state index in [1.807, 2.05) is 48.8 Å². The normalized spacial score (nSPS) is 10.8. The fourth-order valence-corrected chi connectivity index (χ4v) is 3.76. The van der Waals surface area contributed by atoms with E-state index in [-0.39, 0.29) is 6.03 Å². The van der Waals surface area contributed by atoms with Crippen LogP contribution in [-0.4, -0.2) is 20.6 Å². The average Bonchev–Trinajstić information content (AvgIpc) is 3.42. The van der Waals surface area contributed by atoms with Gasteiger partial charge in [-0.1, -0.05) is 12.1 Å².